The first-order valence-electron chi connectivity index (χ1n) is 7.77. The summed E-state index contributed by atoms with van der Waals surface area (Å²) in [6.45, 7) is -0.530. The number of rotatable bonds is 5. The number of fused-ring (bicyclic) bond motifs is 1. The molecule has 0 saturated heterocycles. The van der Waals surface area contributed by atoms with Crippen molar-refractivity contribution in [3.05, 3.63) is 53.3 Å². The first-order chi connectivity index (χ1) is 11.4. The van der Waals surface area contributed by atoms with E-state index in [1.807, 2.05) is 24.3 Å². The van der Waals surface area contributed by atoms with E-state index in [9.17, 15) is 18.7 Å². The van der Waals surface area contributed by atoms with Crippen LogP contribution in [0.25, 0.3) is 0 Å². The Morgan fingerprint density at radius 3 is 2.92 bits per heavy atom. The molecule has 1 amide bonds. The molecule has 0 bridgehead atoms. The van der Waals surface area contributed by atoms with Crippen LogP contribution in [-0.4, -0.2) is 45.7 Å². The molecule has 5 nitrogen and oxygen atoms in total. The number of aromatic nitrogens is 2. The van der Waals surface area contributed by atoms with Crippen molar-refractivity contribution < 1.29 is 18.7 Å². The Morgan fingerprint density at radius 1 is 1.42 bits per heavy atom. The molecular weight excluding hydrogens is 316 g/mol. The molecule has 7 heteroatoms. The summed E-state index contributed by atoms with van der Waals surface area (Å²) in [4.78, 5) is 13.9. The van der Waals surface area contributed by atoms with Crippen molar-refractivity contribution in [2.45, 2.75) is 31.4 Å². The number of nitrogens with zero attached hydrogens (tertiary/aromatic N) is 3. The van der Waals surface area contributed by atoms with Crippen molar-refractivity contribution in [3.63, 3.8) is 0 Å². The highest BCUT2D eigenvalue weighted by Gasteiger charge is 2.38. The van der Waals surface area contributed by atoms with Gasteiger partial charge in [0.2, 0.25) is 0 Å². The third-order valence-electron chi connectivity index (χ3n) is 4.42. The fourth-order valence-corrected chi connectivity index (χ4v) is 3.28. The molecule has 2 aromatic rings. The van der Waals surface area contributed by atoms with Crippen LogP contribution in [0.4, 0.5) is 8.78 Å². The lowest BCUT2D eigenvalue weighted by atomic mass is 9.95. The van der Waals surface area contributed by atoms with Gasteiger partial charge >= 0.3 is 0 Å². The minimum atomic E-state index is -2.59. The second kappa shape index (κ2) is 6.32. The Balaban J connectivity index is 1.77. The fraction of sp³-hybridized carbons (Fsp3) is 0.412. The fourth-order valence-electron chi connectivity index (χ4n) is 3.28. The molecule has 24 heavy (non-hydrogen) atoms. The van der Waals surface area contributed by atoms with E-state index in [0.29, 0.717) is 6.42 Å². The molecule has 1 aliphatic rings. The lowest BCUT2D eigenvalue weighted by molar-refractivity contribution is 0.00751. The van der Waals surface area contributed by atoms with Gasteiger partial charge in [-0.15, -0.1) is 0 Å². The minimum Gasteiger partial charge on any atom is -0.383 e. The Hall–Kier alpha value is -2.28. The summed E-state index contributed by atoms with van der Waals surface area (Å²) in [5, 5.41) is 14.7. The van der Waals surface area contributed by atoms with Crippen LogP contribution in [0.3, 0.4) is 0 Å². The average Bonchev–Trinajstić information content (AvgIpc) is 3.12. The number of hydrogen-bond donors (Lipinski definition) is 1. The van der Waals surface area contributed by atoms with Gasteiger partial charge in [-0.25, -0.2) is 8.78 Å². The molecule has 128 valence electrons. The molecule has 0 aliphatic heterocycles. The van der Waals surface area contributed by atoms with Gasteiger partial charge in [-0.1, -0.05) is 24.3 Å². The summed E-state index contributed by atoms with van der Waals surface area (Å²) in [5.41, 5.74) is 0.871. The highest BCUT2D eigenvalue weighted by molar-refractivity contribution is 5.92. The average molecular weight is 335 g/mol. The summed E-state index contributed by atoms with van der Waals surface area (Å²) in [5.74, 6) is -0.439. The number of carbonyl (C=O) groups is 1. The Labute approximate surface area is 138 Å². The van der Waals surface area contributed by atoms with Gasteiger partial charge < -0.3 is 10.0 Å². The number of benzene rings is 1. The van der Waals surface area contributed by atoms with E-state index in [0.717, 1.165) is 22.2 Å². The Kier molecular flexibility index (Phi) is 4.36. The maximum atomic E-state index is 12.6. The number of alkyl halides is 2. The van der Waals surface area contributed by atoms with Crippen LogP contribution in [0.15, 0.2) is 36.5 Å². The van der Waals surface area contributed by atoms with Gasteiger partial charge in [-0.3, -0.25) is 9.48 Å². The molecule has 1 heterocycles. The number of hydrogen-bond acceptors (Lipinski definition) is 3. The molecule has 0 radical (unpaired) electrons. The van der Waals surface area contributed by atoms with E-state index < -0.39 is 24.5 Å². The quantitative estimate of drug-likeness (QED) is 0.910. The maximum Gasteiger partial charge on any atom is 0.271 e. The largest absolute Gasteiger partial charge is 0.383 e. The van der Waals surface area contributed by atoms with Crippen LogP contribution in [0, 0.1) is 0 Å². The molecular formula is C17H19F2N3O2. The van der Waals surface area contributed by atoms with Gasteiger partial charge in [0.05, 0.1) is 6.54 Å². The number of carbonyl (C=O) groups excluding carboxylic acids is 1. The van der Waals surface area contributed by atoms with Crippen molar-refractivity contribution in [2.24, 2.45) is 0 Å². The molecule has 1 aliphatic carbocycles. The number of likely N-dealkylation sites (N-methyl/N-ethyl adjacent to an activating group) is 1. The third-order valence-corrected chi connectivity index (χ3v) is 4.42. The molecule has 0 spiro atoms. The van der Waals surface area contributed by atoms with Gasteiger partial charge in [0, 0.05) is 13.2 Å². The van der Waals surface area contributed by atoms with E-state index in [4.69, 9.17) is 0 Å². The smallest absolute Gasteiger partial charge is 0.271 e. The molecule has 1 aromatic heterocycles. The SMILES string of the molecule is CN(CC1(O)CCc2ccccc21)C(=O)c1ccnn1CC(F)F. The van der Waals surface area contributed by atoms with Crippen molar-refractivity contribution in [3.8, 4) is 0 Å². The minimum absolute atomic E-state index is 0.0904. The van der Waals surface area contributed by atoms with E-state index >= 15 is 0 Å². The summed E-state index contributed by atoms with van der Waals surface area (Å²) in [6, 6.07) is 9.01. The van der Waals surface area contributed by atoms with Crippen LogP contribution in [0.2, 0.25) is 0 Å². The van der Waals surface area contributed by atoms with Crippen molar-refractivity contribution >= 4 is 5.91 Å². The van der Waals surface area contributed by atoms with Crippen LogP contribution in [0.5, 0.6) is 0 Å². The van der Waals surface area contributed by atoms with Crippen LogP contribution < -0.4 is 0 Å². The third kappa shape index (κ3) is 3.03. The highest BCUT2D eigenvalue weighted by atomic mass is 19.3. The van der Waals surface area contributed by atoms with E-state index in [2.05, 4.69) is 5.10 Å². The lowest BCUT2D eigenvalue weighted by Crippen LogP contribution is -2.41. The highest BCUT2D eigenvalue weighted by Crippen LogP contribution is 2.37. The first kappa shape index (κ1) is 16.6. The molecule has 0 saturated carbocycles. The molecule has 3 rings (SSSR count). The Morgan fingerprint density at radius 2 is 2.17 bits per heavy atom. The normalized spacial score (nSPS) is 19.5. The summed E-state index contributed by atoms with van der Waals surface area (Å²) >= 11 is 0. The standard InChI is InChI=1S/C17H19F2N3O2/c1-21(16(23)14-7-9-20-22(14)10-15(18)19)11-17(24)8-6-12-4-2-3-5-13(12)17/h2-5,7,9,15,24H,6,8,10-11H2,1H3. The summed E-state index contributed by atoms with van der Waals surface area (Å²) < 4.78 is 26.1. The topological polar surface area (TPSA) is 58.4 Å². The molecule has 1 aromatic carbocycles. The van der Waals surface area contributed by atoms with Gasteiger partial charge in [-0.05, 0) is 30.0 Å². The second-order valence-electron chi connectivity index (χ2n) is 6.14. The predicted octanol–water partition coefficient (Wildman–Crippen LogP) is 2.05. The van der Waals surface area contributed by atoms with Crippen molar-refractivity contribution in [1.29, 1.82) is 0 Å². The number of amides is 1. The monoisotopic (exact) mass is 335 g/mol. The lowest BCUT2D eigenvalue weighted by Gasteiger charge is -2.30. The van der Waals surface area contributed by atoms with E-state index in [-0.39, 0.29) is 12.2 Å². The second-order valence-corrected chi connectivity index (χ2v) is 6.14. The zero-order chi connectivity index (χ0) is 17.3. The number of aryl methyl sites for hydroxylation is 1. The van der Waals surface area contributed by atoms with Crippen LogP contribution in [0.1, 0.15) is 28.0 Å². The zero-order valence-corrected chi connectivity index (χ0v) is 13.3. The van der Waals surface area contributed by atoms with Gasteiger partial charge in [0.25, 0.3) is 12.3 Å². The van der Waals surface area contributed by atoms with Crippen LogP contribution >= 0.6 is 0 Å². The number of aliphatic hydroxyl groups is 1. The van der Waals surface area contributed by atoms with Crippen molar-refractivity contribution in [1.82, 2.24) is 14.7 Å². The summed E-state index contributed by atoms with van der Waals surface area (Å²) in [6.07, 6.45) is 0.00839. The van der Waals surface area contributed by atoms with Gasteiger partial charge in [-0.2, -0.15) is 5.10 Å². The maximum absolute atomic E-state index is 12.6. The molecule has 1 unspecified atom stereocenters. The van der Waals surface area contributed by atoms with Crippen LogP contribution in [-0.2, 0) is 18.6 Å². The van der Waals surface area contributed by atoms with Gasteiger partial charge in [0.1, 0.15) is 17.8 Å². The van der Waals surface area contributed by atoms with E-state index in [1.165, 1.54) is 17.2 Å². The molecule has 1 N–H and O–H groups in total. The first-order valence-corrected chi connectivity index (χ1v) is 7.77. The molecule has 0 fully saturated rings. The Bertz CT molecular complexity index is 747. The molecule has 1 atom stereocenters. The predicted molar refractivity (Wildman–Crippen MR) is 83.9 cm³/mol. The van der Waals surface area contributed by atoms with E-state index in [1.54, 1.807) is 7.05 Å². The summed E-state index contributed by atoms with van der Waals surface area (Å²) in [7, 11) is 1.56. The zero-order valence-electron chi connectivity index (χ0n) is 13.3. The van der Waals surface area contributed by atoms with Gasteiger partial charge in [0.15, 0.2) is 0 Å². The number of halogens is 2. The van der Waals surface area contributed by atoms with Crippen molar-refractivity contribution in [2.75, 3.05) is 13.6 Å².